The van der Waals surface area contributed by atoms with Crippen molar-refractivity contribution in [1.29, 1.82) is 0 Å². The molecule has 5 heteroatoms. The van der Waals surface area contributed by atoms with Gasteiger partial charge in [0.2, 0.25) is 0 Å². The van der Waals surface area contributed by atoms with Crippen LogP contribution < -0.4 is 5.32 Å². The summed E-state index contributed by atoms with van der Waals surface area (Å²) in [6, 6.07) is 7.71. The molecule has 1 amide bonds. The number of aryl methyl sites for hydroxylation is 1. The lowest BCUT2D eigenvalue weighted by Crippen LogP contribution is -2.35. The SMILES string of the molecule is Cc1cc(C(=O)NCC2(c3ccc(F)cc3F)CC2(C)C)ccc1F. The van der Waals surface area contributed by atoms with Gasteiger partial charge in [-0.05, 0) is 54.2 Å². The van der Waals surface area contributed by atoms with Crippen molar-refractivity contribution in [1.82, 2.24) is 5.32 Å². The van der Waals surface area contributed by atoms with E-state index in [9.17, 15) is 18.0 Å². The van der Waals surface area contributed by atoms with E-state index in [0.717, 1.165) is 6.07 Å². The molecule has 0 bridgehead atoms. The molecule has 0 radical (unpaired) electrons. The predicted octanol–water partition coefficient (Wildman–Crippen LogP) is 4.51. The Morgan fingerprint density at radius 3 is 2.32 bits per heavy atom. The van der Waals surface area contributed by atoms with Gasteiger partial charge < -0.3 is 5.32 Å². The van der Waals surface area contributed by atoms with E-state index in [4.69, 9.17) is 0 Å². The van der Waals surface area contributed by atoms with Gasteiger partial charge in [0.25, 0.3) is 5.91 Å². The Morgan fingerprint density at radius 2 is 1.76 bits per heavy atom. The highest BCUT2D eigenvalue weighted by atomic mass is 19.1. The third-order valence-corrected chi connectivity index (χ3v) is 5.33. The van der Waals surface area contributed by atoms with E-state index in [2.05, 4.69) is 5.32 Å². The molecule has 0 aromatic heterocycles. The van der Waals surface area contributed by atoms with Gasteiger partial charge >= 0.3 is 0 Å². The first kappa shape index (κ1) is 17.5. The Bertz CT molecular complexity index is 847. The summed E-state index contributed by atoms with van der Waals surface area (Å²) in [7, 11) is 0. The number of nitrogens with one attached hydrogen (secondary N) is 1. The lowest BCUT2D eigenvalue weighted by atomic mass is 9.87. The fourth-order valence-electron chi connectivity index (χ4n) is 3.56. The van der Waals surface area contributed by atoms with Crippen molar-refractivity contribution in [2.45, 2.75) is 32.6 Å². The number of hydrogen-bond acceptors (Lipinski definition) is 1. The molecule has 2 nitrogen and oxygen atoms in total. The average molecular weight is 347 g/mol. The Hall–Kier alpha value is -2.30. The molecule has 25 heavy (non-hydrogen) atoms. The van der Waals surface area contributed by atoms with Crippen LogP contribution in [0.15, 0.2) is 36.4 Å². The molecule has 0 saturated heterocycles. The number of rotatable bonds is 4. The van der Waals surface area contributed by atoms with Crippen LogP contribution in [0.5, 0.6) is 0 Å². The van der Waals surface area contributed by atoms with E-state index in [1.165, 1.54) is 30.3 Å². The van der Waals surface area contributed by atoms with Crippen molar-refractivity contribution < 1.29 is 18.0 Å². The Labute approximate surface area is 145 Å². The second-order valence-electron chi connectivity index (χ2n) is 7.41. The van der Waals surface area contributed by atoms with Crippen LogP contribution in [0.3, 0.4) is 0 Å². The maximum atomic E-state index is 14.3. The van der Waals surface area contributed by atoms with Crippen LogP contribution in [0.2, 0.25) is 0 Å². The third kappa shape index (κ3) is 3.03. The summed E-state index contributed by atoms with van der Waals surface area (Å²) in [6.45, 7) is 5.80. The van der Waals surface area contributed by atoms with Gasteiger partial charge in [-0.1, -0.05) is 19.9 Å². The molecule has 1 atom stereocenters. The van der Waals surface area contributed by atoms with Gasteiger partial charge in [0, 0.05) is 23.6 Å². The first-order chi connectivity index (χ1) is 11.7. The highest BCUT2D eigenvalue weighted by Gasteiger charge is 2.62. The van der Waals surface area contributed by atoms with Crippen LogP contribution in [0.25, 0.3) is 0 Å². The molecule has 2 aromatic rings. The van der Waals surface area contributed by atoms with E-state index < -0.39 is 17.0 Å². The van der Waals surface area contributed by atoms with Crippen LogP contribution in [-0.4, -0.2) is 12.5 Å². The number of amides is 1. The molecule has 1 unspecified atom stereocenters. The Morgan fingerprint density at radius 1 is 1.08 bits per heavy atom. The zero-order valence-electron chi connectivity index (χ0n) is 14.4. The molecule has 1 N–H and O–H groups in total. The van der Waals surface area contributed by atoms with Crippen LogP contribution in [0.4, 0.5) is 13.2 Å². The van der Waals surface area contributed by atoms with Gasteiger partial charge in [-0.2, -0.15) is 0 Å². The Balaban J connectivity index is 1.82. The fraction of sp³-hybridized carbons (Fsp3) is 0.350. The third-order valence-electron chi connectivity index (χ3n) is 5.33. The maximum absolute atomic E-state index is 14.3. The second-order valence-corrected chi connectivity index (χ2v) is 7.41. The van der Waals surface area contributed by atoms with Crippen LogP contribution >= 0.6 is 0 Å². The molecule has 1 aliphatic rings. The number of benzene rings is 2. The van der Waals surface area contributed by atoms with Crippen LogP contribution in [-0.2, 0) is 5.41 Å². The largest absolute Gasteiger partial charge is 0.351 e. The van der Waals surface area contributed by atoms with Gasteiger partial charge in [-0.15, -0.1) is 0 Å². The lowest BCUT2D eigenvalue weighted by molar-refractivity contribution is 0.0947. The number of halogens is 3. The van der Waals surface area contributed by atoms with E-state index in [-0.39, 0.29) is 23.7 Å². The topological polar surface area (TPSA) is 29.1 Å². The second kappa shape index (κ2) is 5.90. The van der Waals surface area contributed by atoms with Crippen molar-refractivity contribution in [2.75, 3.05) is 6.54 Å². The number of carbonyl (C=O) groups is 1. The molecule has 0 spiro atoms. The first-order valence-electron chi connectivity index (χ1n) is 8.16. The van der Waals surface area contributed by atoms with E-state index in [0.29, 0.717) is 23.1 Å². The smallest absolute Gasteiger partial charge is 0.251 e. The summed E-state index contributed by atoms with van der Waals surface area (Å²) in [4.78, 5) is 12.4. The van der Waals surface area contributed by atoms with Crippen molar-refractivity contribution >= 4 is 5.91 Å². The fourth-order valence-corrected chi connectivity index (χ4v) is 3.56. The molecule has 1 fully saturated rings. The van der Waals surface area contributed by atoms with Crippen molar-refractivity contribution in [2.24, 2.45) is 5.41 Å². The van der Waals surface area contributed by atoms with Crippen LogP contribution in [0.1, 0.15) is 41.8 Å². The highest BCUT2D eigenvalue weighted by molar-refractivity contribution is 5.94. The summed E-state index contributed by atoms with van der Waals surface area (Å²) < 4.78 is 40.8. The summed E-state index contributed by atoms with van der Waals surface area (Å²) in [6.07, 6.45) is 0.686. The lowest BCUT2D eigenvalue weighted by Gasteiger charge is -2.22. The summed E-state index contributed by atoms with van der Waals surface area (Å²) in [5.41, 5.74) is 0.368. The summed E-state index contributed by atoms with van der Waals surface area (Å²) >= 11 is 0. The first-order valence-corrected chi connectivity index (χ1v) is 8.16. The molecular formula is C20H20F3NO. The standard InChI is InChI=1S/C20H20F3NO/c1-12-8-13(4-7-16(12)22)18(25)24-11-20(10-19(20,2)3)15-6-5-14(21)9-17(15)23/h4-9H,10-11H2,1-3H3,(H,24,25). The van der Waals surface area contributed by atoms with Gasteiger partial charge in [0.05, 0.1) is 0 Å². The normalized spacial score (nSPS) is 21.0. The number of hydrogen-bond donors (Lipinski definition) is 1. The molecule has 1 aliphatic carbocycles. The molecule has 2 aromatic carbocycles. The summed E-state index contributed by atoms with van der Waals surface area (Å²) in [5.74, 6) is -1.93. The molecule has 132 valence electrons. The van der Waals surface area contributed by atoms with Gasteiger partial charge in [-0.25, -0.2) is 13.2 Å². The van der Waals surface area contributed by atoms with Gasteiger partial charge in [0.15, 0.2) is 0 Å². The molecule has 3 rings (SSSR count). The minimum atomic E-state index is -0.624. The van der Waals surface area contributed by atoms with Gasteiger partial charge in [0.1, 0.15) is 17.5 Å². The molecule has 1 saturated carbocycles. The zero-order chi connectivity index (χ0) is 18.4. The monoisotopic (exact) mass is 347 g/mol. The number of carbonyl (C=O) groups excluding carboxylic acids is 1. The van der Waals surface area contributed by atoms with Crippen molar-refractivity contribution in [3.05, 3.63) is 70.5 Å². The Kier molecular flexibility index (Phi) is 4.13. The molecule has 0 heterocycles. The van der Waals surface area contributed by atoms with Crippen LogP contribution in [0, 0.1) is 29.8 Å². The van der Waals surface area contributed by atoms with E-state index in [1.54, 1.807) is 6.92 Å². The van der Waals surface area contributed by atoms with Crippen molar-refractivity contribution in [3.8, 4) is 0 Å². The van der Waals surface area contributed by atoms with Gasteiger partial charge in [-0.3, -0.25) is 4.79 Å². The minimum absolute atomic E-state index is 0.211. The highest BCUT2D eigenvalue weighted by Crippen LogP contribution is 2.64. The quantitative estimate of drug-likeness (QED) is 0.866. The predicted molar refractivity (Wildman–Crippen MR) is 89.9 cm³/mol. The maximum Gasteiger partial charge on any atom is 0.251 e. The average Bonchev–Trinajstić information content (AvgIpc) is 3.09. The molecule has 0 aliphatic heterocycles. The minimum Gasteiger partial charge on any atom is -0.351 e. The van der Waals surface area contributed by atoms with Crippen molar-refractivity contribution in [3.63, 3.8) is 0 Å². The van der Waals surface area contributed by atoms with E-state index >= 15 is 0 Å². The van der Waals surface area contributed by atoms with E-state index in [1.807, 2.05) is 13.8 Å². The zero-order valence-corrected chi connectivity index (χ0v) is 14.4. The molecular weight excluding hydrogens is 327 g/mol. The summed E-state index contributed by atoms with van der Waals surface area (Å²) in [5, 5.41) is 2.82.